The molecular formula is C18H24O. The Morgan fingerprint density at radius 1 is 1.21 bits per heavy atom. The monoisotopic (exact) mass is 256 g/mol. The number of carbonyl (C=O) groups excluding carboxylic acids is 1. The van der Waals surface area contributed by atoms with Gasteiger partial charge in [0.05, 0.1) is 0 Å². The maximum atomic E-state index is 12.7. The molecule has 0 heterocycles. The van der Waals surface area contributed by atoms with Crippen molar-refractivity contribution in [1.29, 1.82) is 0 Å². The lowest BCUT2D eigenvalue weighted by molar-refractivity contribution is -0.146. The maximum Gasteiger partial charge on any atom is 0.139 e. The highest BCUT2D eigenvalue weighted by Gasteiger charge is 2.59. The van der Waals surface area contributed by atoms with Gasteiger partial charge in [-0.2, -0.15) is 0 Å². The van der Waals surface area contributed by atoms with Crippen LogP contribution in [0.3, 0.4) is 0 Å². The zero-order chi connectivity index (χ0) is 13.7. The zero-order valence-electron chi connectivity index (χ0n) is 12.1. The summed E-state index contributed by atoms with van der Waals surface area (Å²) in [7, 11) is 0. The molecule has 0 bridgehead atoms. The molecule has 1 fully saturated rings. The van der Waals surface area contributed by atoms with Crippen molar-refractivity contribution < 1.29 is 4.79 Å². The van der Waals surface area contributed by atoms with E-state index in [4.69, 9.17) is 0 Å². The number of carbonyl (C=O) groups is 1. The lowest BCUT2D eigenvalue weighted by Crippen LogP contribution is -2.54. The van der Waals surface area contributed by atoms with Crippen LogP contribution in [-0.4, -0.2) is 5.78 Å². The van der Waals surface area contributed by atoms with Gasteiger partial charge < -0.3 is 0 Å². The Kier molecular flexibility index (Phi) is 2.85. The molecule has 0 N–H and O–H groups in total. The van der Waals surface area contributed by atoms with Crippen LogP contribution in [-0.2, 0) is 4.79 Å². The molecule has 0 aromatic rings. The number of rotatable bonds is 1. The van der Waals surface area contributed by atoms with E-state index in [9.17, 15) is 4.79 Å². The van der Waals surface area contributed by atoms with Crippen molar-refractivity contribution >= 4 is 5.78 Å². The molecule has 1 heteroatoms. The molecule has 3 aliphatic carbocycles. The summed E-state index contributed by atoms with van der Waals surface area (Å²) < 4.78 is 0. The molecular weight excluding hydrogens is 232 g/mol. The lowest BCUT2D eigenvalue weighted by atomic mass is 9.46. The number of fused-ring (bicyclic) bond motifs is 2. The van der Waals surface area contributed by atoms with Gasteiger partial charge >= 0.3 is 0 Å². The molecule has 0 aromatic heterocycles. The van der Waals surface area contributed by atoms with E-state index in [1.165, 1.54) is 5.57 Å². The predicted octanol–water partition coefficient (Wildman–Crippen LogP) is 4.46. The topological polar surface area (TPSA) is 17.1 Å². The molecule has 19 heavy (non-hydrogen) atoms. The van der Waals surface area contributed by atoms with Crippen LogP contribution in [0.1, 0.15) is 46.0 Å². The third-order valence-electron chi connectivity index (χ3n) is 6.02. The molecule has 0 aromatic carbocycles. The molecule has 3 rings (SSSR count). The number of ketones is 1. The van der Waals surface area contributed by atoms with Gasteiger partial charge in [0.1, 0.15) is 5.78 Å². The van der Waals surface area contributed by atoms with Crippen molar-refractivity contribution in [3.8, 4) is 0 Å². The Morgan fingerprint density at radius 3 is 2.47 bits per heavy atom. The Bertz CT molecular complexity index is 474. The summed E-state index contributed by atoms with van der Waals surface area (Å²) in [5, 5.41) is 0. The average Bonchev–Trinajstić information content (AvgIpc) is 2.84. The second-order valence-corrected chi connectivity index (χ2v) is 7.02. The standard InChI is InChI=1S/C18H24O/c1-13(2)14-12-16(19)17(3)9-5-4-8-15(17)18(14)10-6-7-11-18/h4-7,14-15H,1,8-12H2,2-3H3/t14-,15-,17+/m0/s1. The van der Waals surface area contributed by atoms with Crippen LogP contribution in [0, 0.1) is 22.7 Å². The molecule has 0 amide bonds. The van der Waals surface area contributed by atoms with Crippen LogP contribution in [0.2, 0.25) is 0 Å². The third-order valence-corrected chi connectivity index (χ3v) is 6.02. The van der Waals surface area contributed by atoms with E-state index in [0.717, 1.165) is 25.7 Å². The molecule has 1 saturated carbocycles. The minimum Gasteiger partial charge on any atom is -0.299 e. The summed E-state index contributed by atoms with van der Waals surface area (Å²) in [4.78, 5) is 12.7. The normalized spacial score (nSPS) is 39.6. The van der Waals surface area contributed by atoms with Crippen LogP contribution >= 0.6 is 0 Å². The Labute approximate surface area is 116 Å². The van der Waals surface area contributed by atoms with Gasteiger partial charge in [0.2, 0.25) is 0 Å². The highest BCUT2D eigenvalue weighted by atomic mass is 16.1. The first-order chi connectivity index (χ1) is 9.01. The lowest BCUT2D eigenvalue weighted by Gasteiger charge is -2.56. The quantitative estimate of drug-likeness (QED) is 0.633. The van der Waals surface area contributed by atoms with Crippen LogP contribution in [0.5, 0.6) is 0 Å². The van der Waals surface area contributed by atoms with E-state index in [-0.39, 0.29) is 10.8 Å². The van der Waals surface area contributed by atoms with Crippen LogP contribution in [0.15, 0.2) is 36.5 Å². The highest BCUT2D eigenvalue weighted by Crippen LogP contribution is 2.63. The van der Waals surface area contributed by atoms with E-state index in [1.54, 1.807) is 0 Å². The van der Waals surface area contributed by atoms with E-state index >= 15 is 0 Å². The van der Waals surface area contributed by atoms with Gasteiger partial charge in [0.25, 0.3) is 0 Å². The molecule has 0 aliphatic heterocycles. The van der Waals surface area contributed by atoms with Gasteiger partial charge in [-0.15, -0.1) is 0 Å². The van der Waals surface area contributed by atoms with Gasteiger partial charge in [0, 0.05) is 11.8 Å². The molecule has 1 spiro atoms. The van der Waals surface area contributed by atoms with E-state index in [1.807, 2.05) is 0 Å². The fourth-order valence-electron chi connectivity index (χ4n) is 4.93. The molecule has 1 nitrogen and oxygen atoms in total. The highest BCUT2D eigenvalue weighted by molar-refractivity contribution is 5.87. The molecule has 0 saturated heterocycles. The van der Waals surface area contributed by atoms with Crippen LogP contribution in [0.25, 0.3) is 0 Å². The Hall–Kier alpha value is -1.11. The predicted molar refractivity (Wildman–Crippen MR) is 78.7 cm³/mol. The minimum atomic E-state index is -0.132. The first-order valence-electron chi connectivity index (χ1n) is 7.49. The first kappa shape index (κ1) is 12.9. The van der Waals surface area contributed by atoms with Gasteiger partial charge in [-0.3, -0.25) is 4.79 Å². The van der Waals surface area contributed by atoms with Crippen molar-refractivity contribution in [1.82, 2.24) is 0 Å². The largest absolute Gasteiger partial charge is 0.299 e. The second kappa shape index (κ2) is 4.19. The van der Waals surface area contributed by atoms with E-state index < -0.39 is 0 Å². The van der Waals surface area contributed by atoms with Crippen molar-refractivity contribution in [2.24, 2.45) is 22.7 Å². The van der Waals surface area contributed by atoms with Gasteiger partial charge in [-0.05, 0) is 49.9 Å². The van der Waals surface area contributed by atoms with E-state index in [2.05, 4.69) is 44.7 Å². The van der Waals surface area contributed by atoms with Crippen molar-refractivity contribution in [3.05, 3.63) is 36.5 Å². The van der Waals surface area contributed by atoms with E-state index in [0.29, 0.717) is 24.0 Å². The number of hydrogen-bond acceptors (Lipinski definition) is 1. The maximum absolute atomic E-state index is 12.7. The molecule has 3 aliphatic rings. The molecule has 0 radical (unpaired) electrons. The van der Waals surface area contributed by atoms with Crippen molar-refractivity contribution in [2.75, 3.05) is 0 Å². The average molecular weight is 256 g/mol. The summed E-state index contributed by atoms with van der Waals surface area (Å²) in [6.07, 6.45) is 14.1. The SMILES string of the molecule is C=C(C)[C@@H]1CC(=O)[C@]2(C)CC=CC[C@@H]2C12CC=CC2. The fraction of sp³-hybridized carbons (Fsp3) is 0.611. The zero-order valence-corrected chi connectivity index (χ0v) is 12.1. The number of allylic oxidation sites excluding steroid dienone is 5. The van der Waals surface area contributed by atoms with Crippen molar-refractivity contribution in [3.63, 3.8) is 0 Å². The molecule has 0 unspecified atom stereocenters. The van der Waals surface area contributed by atoms with Gasteiger partial charge in [-0.1, -0.05) is 43.4 Å². The smallest absolute Gasteiger partial charge is 0.139 e. The summed E-state index contributed by atoms with van der Waals surface area (Å²) in [5.41, 5.74) is 1.33. The summed E-state index contributed by atoms with van der Waals surface area (Å²) >= 11 is 0. The third kappa shape index (κ3) is 1.63. The van der Waals surface area contributed by atoms with Crippen LogP contribution < -0.4 is 0 Å². The summed E-state index contributed by atoms with van der Waals surface area (Å²) in [6, 6.07) is 0. The number of Topliss-reactive ketones (excluding diaryl/α,β-unsaturated/α-hetero) is 1. The second-order valence-electron chi connectivity index (χ2n) is 7.02. The minimum absolute atomic E-state index is 0.132. The molecule has 3 atom stereocenters. The summed E-state index contributed by atoms with van der Waals surface area (Å²) in [5.74, 6) is 1.33. The Balaban J connectivity index is 2.08. The van der Waals surface area contributed by atoms with Crippen LogP contribution in [0.4, 0.5) is 0 Å². The van der Waals surface area contributed by atoms with Gasteiger partial charge in [-0.25, -0.2) is 0 Å². The fourth-order valence-corrected chi connectivity index (χ4v) is 4.93. The van der Waals surface area contributed by atoms with Gasteiger partial charge in [0.15, 0.2) is 0 Å². The summed E-state index contributed by atoms with van der Waals surface area (Å²) in [6.45, 7) is 8.51. The van der Waals surface area contributed by atoms with Crippen molar-refractivity contribution in [2.45, 2.75) is 46.0 Å². The molecule has 102 valence electrons. The first-order valence-corrected chi connectivity index (χ1v) is 7.49. The Morgan fingerprint density at radius 2 is 1.84 bits per heavy atom. The number of hydrogen-bond donors (Lipinski definition) is 0.